The van der Waals surface area contributed by atoms with Crippen molar-refractivity contribution in [1.82, 2.24) is 0 Å². The summed E-state index contributed by atoms with van der Waals surface area (Å²) in [7, 11) is 0. The van der Waals surface area contributed by atoms with Crippen LogP contribution in [0.3, 0.4) is 0 Å². The summed E-state index contributed by atoms with van der Waals surface area (Å²) in [4.78, 5) is 41.2. The van der Waals surface area contributed by atoms with Crippen LogP contribution in [-0.2, 0) is 14.4 Å². The third-order valence-electron chi connectivity index (χ3n) is 3.47. The number of carbonyl (C=O) groups excluding carboxylic acids is 3. The summed E-state index contributed by atoms with van der Waals surface area (Å²) in [5.74, 6) is -4.29. The molecule has 0 amide bonds. The van der Waals surface area contributed by atoms with Gasteiger partial charge in [0.05, 0.1) is 0 Å². The number of rotatable bonds is 3. The topological polar surface area (TPSA) is 157 Å². The molecule has 27 heavy (non-hydrogen) atoms. The summed E-state index contributed by atoms with van der Waals surface area (Å²) in [5.41, 5.74) is 0. The van der Waals surface area contributed by atoms with Gasteiger partial charge in [-0.2, -0.15) is 0 Å². The van der Waals surface area contributed by atoms with E-state index in [9.17, 15) is 29.7 Å². The van der Waals surface area contributed by atoms with Gasteiger partial charge in [0.1, 0.15) is 0 Å². The van der Waals surface area contributed by atoms with Crippen molar-refractivity contribution in [1.29, 1.82) is 0 Å². The van der Waals surface area contributed by atoms with Crippen molar-refractivity contribution in [3.8, 4) is 0 Å². The molecule has 9 nitrogen and oxygen atoms in total. The van der Waals surface area contributed by atoms with Crippen molar-refractivity contribution < 1.29 is 118 Å². The number of carbonyl (C=O) groups is 3. The van der Waals surface area contributed by atoms with Gasteiger partial charge in [-0.3, -0.25) is 15.0 Å². The zero-order valence-corrected chi connectivity index (χ0v) is 22.0. The summed E-state index contributed by atoms with van der Waals surface area (Å²) in [5, 5.41) is 30.0. The summed E-state index contributed by atoms with van der Waals surface area (Å²) in [6, 6.07) is 0. The van der Waals surface area contributed by atoms with Gasteiger partial charge in [-0.05, 0) is 19.3 Å². The molecule has 12 heteroatoms. The first-order valence-electron chi connectivity index (χ1n) is 7.54. The van der Waals surface area contributed by atoms with E-state index in [1.54, 1.807) is 0 Å². The Morgan fingerprint density at radius 3 is 0.889 bits per heavy atom. The fraction of sp³-hybridized carbons (Fsp3) is 0.600. The van der Waals surface area contributed by atoms with E-state index in [0.717, 1.165) is 0 Å². The number of hydrogen-bond donors (Lipinski definition) is 0. The molecule has 0 radical (unpaired) electrons. The molecule has 0 aromatic heterocycles. The molecule has 3 heterocycles. The van der Waals surface area contributed by atoms with Crippen LogP contribution in [0, 0.1) is 17.8 Å². The second-order valence-electron chi connectivity index (χ2n) is 5.31. The van der Waals surface area contributed by atoms with Crippen molar-refractivity contribution in [2.45, 2.75) is 19.3 Å². The Morgan fingerprint density at radius 2 is 0.815 bits per heavy atom. The Kier molecular flexibility index (Phi) is 21.9. The van der Waals surface area contributed by atoms with E-state index in [2.05, 4.69) is 15.0 Å². The van der Waals surface area contributed by atoms with Gasteiger partial charge in [0.2, 0.25) is 0 Å². The van der Waals surface area contributed by atoms with Gasteiger partial charge in [-0.1, -0.05) is 0 Å². The molecule has 0 N–H and O–H groups in total. The zero-order valence-electron chi connectivity index (χ0n) is 16.0. The van der Waals surface area contributed by atoms with Crippen LogP contribution in [-0.4, -0.2) is 56.2 Å². The van der Waals surface area contributed by atoms with Crippen LogP contribution in [0.15, 0.2) is 15.0 Å². The number of nitrogens with zero attached hydrogens (tertiary/aromatic N) is 3. The number of hydrogen-bond acceptors (Lipinski definition) is 9. The fourth-order valence-electron chi connectivity index (χ4n) is 2.01. The first-order chi connectivity index (χ1) is 11.4. The largest absolute Gasteiger partial charge is 1.00 e. The van der Waals surface area contributed by atoms with Crippen molar-refractivity contribution in [3.05, 3.63) is 0 Å². The first kappa shape index (κ1) is 32.1. The molecule has 3 unspecified atom stereocenters. The Hall–Kier alpha value is 0.420. The molecule has 3 aliphatic heterocycles. The van der Waals surface area contributed by atoms with Crippen LogP contribution in [0.1, 0.15) is 19.3 Å². The van der Waals surface area contributed by atoms with E-state index in [1.807, 2.05) is 0 Å². The van der Waals surface area contributed by atoms with E-state index < -0.39 is 35.7 Å². The van der Waals surface area contributed by atoms with Crippen LogP contribution in [0.5, 0.6) is 0 Å². The minimum absolute atomic E-state index is 0. The van der Waals surface area contributed by atoms with E-state index >= 15 is 0 Å². The molecule has 0 saturated heterocycles. The molecule has 0 spiro atoms. The normalized spacial score (nSPS) is 23.3. The minimum Gasteiger partial charge on any atom is -0.549 e. The van der Waals surface area contributed by atoms with Crippen LogP contribution in [0.4, 0.5) is 0 Å². The molecule has 0 saturated carbocycles. The molecular formula is C15H18N3Na3O6. The Bertz CT molecular complexity index is 481. The molecule has 132 valence electrons. The summed E-state index contributed by atoms with van der Waals surface area (Å²) >= 11 is 0. The van der Waals surface area contributed by atoms with Gasteiger partial charge in [-0.25, -0.2) is 0 Å². The van der Waals surface area contributed by atoms with Crippen molar-refractivity contribution in [2.24, 2.45) is 32.7 Å². The average Bonchev–Trinajstić information content (AvgIpc) is 3.29. The SMILES string of the molecule is O=C([O-])C1C=NCC1.O=C([O-])C1C=NCC1.O=C([O-])C1C=NCC1.[Na+].[Na+].[Na+]. The maximum Gasteiger partial charge on any atom is 1.00 e. The van der Waals surface area contributed by atoms with Gasteiger partial charge in [0, 0.05) is 73.9 Å². The minimum atomic E-state index is -1.01. The number of aliphatic carboxylic acids is 3. The zero-order chi connectivity index (χ0) is 17.9. The Morgan fingerprint density at radius 1 is 0.593 bits per heavy atom. The maximum absolute atomic E-state index is 10.00. The summed E-state index contributed by atoms with van der Waals surface area (Å²) in [6.07, 6.45) is 6.16. The Balaban J connectivity index is -0.000000303. The van der Waals surface area contributed by atoms with Gasteiger partial charge in [0.25, 0.3) is 0 Å². The quantitative estimate of drug-likeness (QED) is 0.424. The third kappa shape index (κ3) is 14.1. The van der Waals surface area contributed by atoms with Crippen molar-refractivity contribution in [3.63, 3.8) is 0 Å². The van der Waals surface area contributed by atoms with Crippen LogP contribution in [0.2, 0.25) is 0 Å². The van der Waals surface area contributed by atoms with Crippen molar-refractivity contribution in [2.75, 3.05) is 19.6 Å². The maximum atomic E-state index is 10.00. The van der Waals surface area contributed by atoms with Gasteiger partial charge in [-0.15, -0.1) is 0 Å². The molecular weight excluding hydrogens is 387 g/mol. The smallest absolute Gasteiger partial charge is 0.549 e. The molecule has 0 aliphatic carbocycles. The van der Waals surface area contributed by atoms with Crippen LogP contribution < -0.4 is 104 Å². The number of aliphatic imine (C=N–C) groups is 3. The van der Waals surface area contributed by atoms with Crippen LogP contribution >= 0.6 is 0 Å². The van der Waals surface area contributed by atoms with Crippen LogP contribution in [0.25, 0.3) is 0 Å². The van der Waals surface area contributed by atoms with Gasteiger partial charge >= 0.3 is 88.7 Å². The molecule has 0 fully saturated rings. The predicted molar refractivity (Wildman–Crippen MR) is 79.4 cm³/mol. The Labute approximate surface area is 224 Å². The summed E-state index contributed by atoms with van der Waals surface area (Å²) < 4.78 is 0. The molecule has 3 atom stereocenters. The standard InChI is InChI=1S/3C5H7NO2.3Na/c3*7-5(8)4-1-2-6-3-4;;;/h3*3-4H,1-2H2,(H,7,8);;;/q;;;3*+1/p-3. The molecule has 3 aliphatic rings. The molecule has 0 bridgehead atoms. The van der Waals surface area contributed by atoms with E-state index in [4.69, 9.17) is 0 Å². The van der Waals surface area contributed by atoms with Crippen molar-refractivity contribution >= 4 is 36.6 Å². The molecule has 0 aromatic carbocycles. The molecule has 3 rings (SSSR count). The number of carboxylic acids is 3. The molecule has 0 aromatic rings. The predicted octanol–water partition coefficient (Wildman–Crippen LogP) is -12.5. The van der Waals surface area contributed by atoms with E-state index in [0.29, 0.717) is 38.9 Å². The summed E-state index contributed by atoms with van der Waals surface area (Å²) in [6.45, 7) is 1.91. The second kappa shape index (κ2) is 18.4. The van der Waals surface area contributed by atoms with Gasteiger partial charge in [0.15, 0.2) is 0 Å². The monoisotopic (exact) mass is 405 g/mol. The fourth-order valence-corrected chi connectivity index (χ4v) is 2.01. The second-order valence-corrected chi connectivity index (χ2v) is 5.31. The van der Waals surface area contributed by atoms with E-state index in [1.165, 1.54) is 18.6 Å². The first-order valence-corrected chi connectivity index (χ1v) is 7.54. The van der Waals surface area contributed by atoms with E-state index in [-0.39, 0.29) is 88.7 Å². The number of carboxylic acid groups (broad SMARTS) is 3. The van der Waals surface area contributed by atoms with Gasteiger partial charge < -0.3 is 29.7 Å². The average molecular weight is 405 g/mol. The third-order valence-corrected chi connectivity index (χ3v) is 3.47.